The van der Waals surface area contributed by atoms with Crippen molar-refractivity contribution >= 4 is 11.8 Å². The van der Waals surface area contributed by atoms with Gasteiger partial charge in [-0.05, 0) is 47.0 Å². The van der Waals surface area contributed by atoms with Crippen LogP contribution in [0.5, 0.6) is 0 Å². The summed E-state index contributed by atoms with van der Waals surface area (Å²) in [4.78, 5) is 27.4. The second kappa shape index (κ2) is 7.58. The number of nitrogens with two attached hydrogens (primary N) is 1. The fraction of sp³-hybridized carbons (Fsp3) is 0.0500. The molecule has 3 N–H and O–H groups in total. The van der Waals surface area contributed by atoms with E-state index >= 15 is 0 Å². The molecule has 0 bridgehead atoms. The highest BCUT2D eigenvalue weighted by Crippen LogP contribution is 2.21. The molecule has 0 aliphatic rings. The molecule has 0 aliphatic carbocycles. The van der Waals surface area contributed by atoms with E-state index in [0.717, 1.165) is 16.7 Å². The van der Waals surface area contributed by atoms with Crippen LogP contribution in [0.2, 0.25) is 0 Å². The first-order chi connectivity index (χ1) is 12.5. The van der Waals surface area contributed by atoms with E-state index in [0.29, 0.717) is 16.2 Å². The van der Waals surface area contributed by atoms with Crippen molar-refractivity contribution < 1.29 is 14.8 Å². The number of pyridine rings is 1. The van der Waals surface area contributed by atoms with Crippen LogP contribution in [0.15, 0.2) is 73.1 Å². The molecule has 0 saturated heterocycles. The lowest BCUT2D eigenvalue weighted by Crippen LogP contribution is -2.26. The molecule has 1 heterocycles. The molecule has 6 heteroatoms. The van der Waals surface area contributed by atoms with Crippen LogP contribution in [-0.4, -0.2) is 27.1 Å². The zero-order chi connectivity index (χ0) is 18.5. The average molecular weight is 347 g/mol. The Morgan fingerprint density at radius 1 is 0.923 bits per heavy atom. The van der Waals surface area contributed by atoms with Gasteiger partial charge in [0.25, 0.3) is 5.91 Å². The summed E-state index contributed by atoms with van der Waals surface area (Å²) in [6.45, 7) is 0.0585. The van der Waals surface area contributed by atoms with Crippen molar-refractivity contribution in [3.8, 4) is 11.1 Å². The van der Waals surface area contributed by atoms with Gasteiger partial charge in [0.05, 0.1) is 6.54 Å². The summed E-state index contributed by atoms with van der Waals surface area (Å²) < 4.78 is 0. The maximum absolute atomic E-state index is 12.3. The van der Waals surface area contributed by atoms with Gasteiger partial charge in [-0.15, -0.1) is 0 Å². The first-order valence-corrected chi connectivity index (χ1v) is 7.94. The summed E-state index contributed by atoms with van der Waals surface area (Å²) in [6, 6.07) is 17.3. The number of hydrogen-bond donors (Lipinski definition) is 2. The van der Waals surface area contributed by atoms with E-state index in [1.54, 1.807) is 73.1 Å². The molecule has 130 valence electrons. The minimum Gasteiger partial charge on any atom is -0.366 e. The van der Waals surface area contributed by atoms with E-state index < -0.39 is 11.8 Å². The molecule has 0 radical (unpaired) electrons. The monoisotopic (exact) mass is 347 g/mol. The maximum atomic E-state index is 12.3. The van der Waals surface area contributed by atoms with Crippen molar-refractivity contribution in [2.45, 2.75) is 6.54 Å². The molecule has 0 unspecified atom stereocenters. The largest absolute Gasteiger partial charge is 0.366 e. The fourth-order valence-electron chi connectivity index (χ4n) is 2.52. The molecular formula is C20H17N3O3. The normalized spacial score (nSPS) is 10.3. The van der Waals surface area contributed by atoms with Crippen molar-refractivity contribution in [2.75, 3.05) is 0 Å². The third kappa shape index (κ3) is 3.93. The molecule has 0 saturated carbocycles. The first kappa shape index (κ1) is 17.3. The van der Waals surface area contributed by atoms with Gasteiger partial charge < -0.3 is 5.73 Å². The number of hydroxylamine groups is 2. The summed E-state index contributed by atoms with van der Waals surface area (Å²) in [5.41, 5.74) is 8.55. The van der Waals surface area contributed by atoms with Crippen LogP contribution in [0, 0.1) is 0 Å². The van der Waals surface area contributed by atoms with Crippen LogP contribution in [0.4, 0.5) is 0 Å². The van der Waals surface area contributed by atoms with E-state index in [1.165, 1.54) is 0 Å². The molecule has 2 aromatic carbocycles. The number of carbonyl (C=O) groups is 2. The van der Waals surface area contributed by atoms with Crippen molar-refractivity contribution in [3.63, 3.8) is 0 Å². The smallest absolute Gasteiger partial charge is 0.277 e. The highest BCUT2D eigenvalue weighted by molar-refractivity contribution is 5.94. The summed E-state index contributed by atoms with van der Waals surface area (Å²) >= 11 is 0. The maximum Gasteiger partial charge on any atom is 0.277 e. The zero-order valence-electron chi connectivity index (χ0n) is 13.9. The first-order valence-electron chi connectivity index (χ1n) is 7.94. The molecule has 6 nitrogen and oxygen atoms in total. The Morgan fingerprint density at radius 3 is 2.00 bits per heavy atom. The third-order valence-corrected chi connectivity index (χ3v) is 3.92. The molecular weight excluding hydrogens is 330 g/mol. The Balaban J connectivity index is 1.72. The molecule has 3 rings (SSSR count). The van der Waals surface area contributed by atoms with Crippen LogP contribution >= 0.6 is 0 Å². The van der Waals surface area contributed by atoms with Crippen molar-refractivity contribution in [2.24, 2.45) is 5.73 Å². The molecule has 3 aromatic rings. The van der Waals surface area contributed by atoms with E-state index in [-0.39, 0.29) is 6.54 Å². The summed E-state index contributed by atoms with van der Waals surface area (Å²) in [7, 11) is 0. The number of hydrogen-bond acceptors (Lipinski definition) is 4. The molecule has 2 amide bonds. The summed E-state index contributed by atoms with van der Waals surface area (Å²) in [5.74, 6) is -0.973. The second-order valence-electron chi connectivity index (χ2n) is 5.74. The number of nitrogens with zero attached hydrogens (tertiary/aromatic N) is 2. The van der Waals surface area contributed by atoms with Gasteiger partial charge in [0.2, 0.25) is 5.91 Å². The van der Waals surface area contributed by atoms with Crippen molar-refractivity contribution in [1.82, 2.24) is 10.0 Å². The van der Waals surface area contributed by atoms with Gasteiger partial charge in [-0.2, -0.15) is 0 Å². The van der Waals surface area contributed by atoms with E-state index in [9.17, 15) is 14.8 Å². The zero-order valence-corrected chi connectivity index (χ0v) is 13.9. The Hall–Kier alpha value is -3.51. The molecule has 0 spiro atoms. The van der Waals surface area contributed by atoms with E-state index in [4.69, 9.17) is 5.73 Å². The fourth-order valence-corrected chi connectivity index (χ4v) is 2.52. The Bertz CT molecular complexity index is 907. The van der Waals surface area contributed by atoms with Crippen molar-refractivity contribution in [3.05, 3.63) is 89.7 Å². The van der Waals surface area contributed by atoms with Crippen molar-refractivity contribution in [1.29, 1.82) is 0 Å². The lowest BCUT2D eigenvalue weighted by atomic mass is 10.0. The topological polar surface area (TPSA) is 96.5 Å². The molecule has 26 heavy (non-hydrogen) atoms. The minimum absolute atomic E-state index is 0.0585. The van der Waals surface area contributed by atoms with Gasteiger partial charge in [-0.1, -0.05) is 30.3 Å². The number of aromatic nitrogens is 1. The Morgan fingerprint density at radius 2 is 1.50 bits per heavy atom. The van der Waals surface area contributed by atoms with Crippen LogP contribution in [-0.2, 0) is 6.54 Å². The van der Waals surface area contributed by atoms with Gasteiger partial charge in [-0.25, -0.2) is 5.06 Å². The van der Waals surface area contributed by atoms with Crippen LogP contribution < -0.4 is 5.73 Å². The molecule has 1 aromatic heterocycles. The number of rotatable bonds is 5. The Kier molecular flexibility index (Phi) is 5.05. The number of carbonyl (C=O) groups excluding carboxylic acids is 2. The average Bonchev–Trinajstić information content (AvgIpc) is 2.68. The predicted octanol–water partition coefficient (Wildman–Crippen LogP) is 2.88. The highest BCUT2D eigenvalue weighted by atomic mass is 16.5. The summed E-state index contributed by atoms with van der Waals surface area (Å²) in [6.07, 6.45) is 3.22. The van der Waals surface area contributed by atoms with Crippen LogP contribution in [0.1, 0.15) is 26.3 Å². The molecule has 0 fully saturated rings. The van der Waals surface area contributed by atoms with Gasteiger partial charge in [0.15, 0.2) is 0 Å². The van der Waals surface area contributed by atoms with Crippen LogP contribution in [0.25, 0.3) is 11.1 Å². The number of benzene rings is 2. The molecule has 0 atom stereocenters. The number of amides is 2. The predicted molar refractivity (Wildman–Crippen MR) is 96.3 cm³/mol. The lowest BCUT2D eigenvalue weighted by Gasteiger charge is -2.15. The quantitative estimate of drug-likeness (QED) is 0.548. The standard InChI is InChI=1S/C20H17N3O3/c21-19(24)17-7-3-15(4-8-17)16-5-9-18(10-6-16)20(25)23(26)13-14-2-1-11-22-12-14/h1-12,26H,13H2,(H2,21,24). The molecule has 0 aliphatic heterocycles. The van der Waals surface area contributed by atoms with Gasteiger partial charge >= 0.3 is 0 Å². The lowest BCUT2D eigenvalue weighted by molar-refractivity contribution is -0.0648. The van der Waals surface area contributed by atoms with Gasteiger partial charge in [-0.3, -0.25) is 19.8 Å². The van der Waals surface area contributed by atoms with E-state index in [1.807, 2.05) is 0 Å². The van der Waals surface area contributed by atoms with Gasteiger partial charge in [0.1, 0.15) is 0 Å². The highest BCUT2D eigenvalue weighted by Gasteiger charge is 2.14. The van der Waals surface area contributed by atoms with Crippen LogP contribution in [0.3, 0.4) is 0 Å². The minimum atomic E-state index is -0.496. The second-order valence-corrected chi connectivity index (χ2v) is 5.74. The SMILES string of the molecule is NC(=O)c1ccc(-c2ccc(C(=O)N(O)Cc3cccnc3)cc2)cc1. The number of primary amides is 1. The third-order valence-electron chi connectivity index (χ3n) is 3.92. The Labute approximate surface area is 150 Å². The van der Waals surface area contributed by atoms with E-state index in [2.05, 4.69) is 4.98 Å². The van der Waals surface area contributed by atoms with Gasteiger partial charge in [0, 0.05) is 23.5 Å². The summed E-state index contributed by atoms with van der Waals surface area (Å²) in [5, 5.41) is 10.7.